The summed E-state index contributed by atoms with van der Waals surface area (Å²) in [5.41, 5.74) is 4.80. The number of nitrogens with one attached hydrogen (secondary N) is 1. The van der Waals surface area contributed by atoms with Gasteiger partial charge >= 0.3 is 0 Å². The van der Waals surface area contributed by atoms with E-state index >= 15 is 0 Å². The van der Waals surface area contributed by atoms with Crippen LogP contribution >= 0.6 is 23.1 Å². The van der Waals surface area contributed by atoms with E-state index in [1.54, 1.807) is 0 Å². The Hall–Kier alpha value is -2.38. The van der Waals surface area contributed by atoms with E-state index < -0.39 is 0 Å². The van der Waals surface area contributed by atoms with E-state index in [9.17, 15) is 4.79 Å². The largest absolute Gasteiger partial charge is 0.337 e. The van der Waals surface area contributed by atoms with Gasteiger partial charge in [-0.15, -0.1) is 10.2 Å². The second-order valence-corrected chi connectivity index (χ2v) is 9.47. The summed E-state index contributed by atoms with van der Waals surface area (Å²) in [7, 11) is 0. The van der Waals surface area contributed by atoms with Gasteiger partial charge in [0.1, 0.15) is 0 Å². The van der Waals surface area contributed by atoms with E-state index in [2.05, 4.69) is 52.8 Å². The number of hydrogen-bond acceptors (Lipinski definition) is 6. The monoisotopic (exact) mass is 410 g/mol. The molecule has 2 heterocycles. The number of aromatic nitrogens is 2. The molecule has 4 rings (SSSR count). The Morgan fingerprint density at radius 3 is 2.68 bits per heavy atom. The summed E-state index contributed by atoms with van der Waals surface area (Å²) >= 11 is 2.95. The van der Waals surface area contributed by atoms with Crippen molar-refractivity contribution in [3.8, 4) is 0 Å². The zero-order chi connectivity index (χ0) is 19.5. The molecule has 0 fully saturated rings. The van der Waals surface area contributed by atoms with E-state index in [0.717, 1.165) is 28.1 Å². The van der Waals surface area contributed by atoms with E-state index in [0.29, 0.717) is 6.54 Å². The van der Waals surface area contributed by atoms with Crippen LogP contribution < -0.4 is 5.32 Å². The highest BCUT2D eigenvalue weighted by Gasteiger charge is 2.26. The van der Waals surface area contributed by atoms with Crippen molar-refractivity contribution in [1.29, 1.82) is 0 Å². The summed E-state index contributed by atoms with van der Waals surface area (Å²) in [6.45, 7) is 5.47. The maximum atomic E-state index is 12.9. The molecule has 5 nitrogen and oxygen atoms in total. The van der Waals surface area contributed by atoms with Crippen LogP contribution in [-0.4, -0.2) is 32.8 Å². The lowest BCUT2D eigenvalue weighted by molar-refractivity contribution is -0.131. The van der Waals surface area contributed by atoms with Crippen LogP contribution in [0.1, 0.15) is 23.6 Å². The molecule has 2 aromatic carbocycles. The molecule has 7 heteroatoms. The van der Waals surface area contributed by atoms with Gasteiger partial charge in [0.2, 0.25) is 11.0 Å². The van der Waals surface area contributed by atoms with E-state index in [1.165, 1.54) is 39.8 Å². The molecule has 1 atom stereocenters. The molecular weight excluding hydrogens is 388 g/mol. The Morgan fingerprint density at radius 2 is 1.89 bits per heavy atom. The molecule has 1 aromatic heterocycles. The number of amides is 1. The Morgan fingerprint density at radius 1 is 1.14 bits per heavy atom. The second kappa shape index (κ2) is 8.32. The van der Waals surface area contributed by atoms with Gasteiger partial charge in [-0.3, -0.25) is 4.79 Å². The fraction of sp³-hybridized carbons (Fsp3) is 0.286. The summed E-state index contributed by atoms with van der Waals surface area (Å²) in [5.74, 6) is 0.155. The van der Waals surface area contributed by atoms with Crippen molar-refractivity contribution >= 4 is 39.8 Å². The molecule has 0 spiro atoms. The molecule has 3 aromatic rings. The first-order chi connectivity index (χ1) is 13.6. The van der Waals surface area contributed by atoms with E-state index in [-0.39, 0.29) is 11.2 Å². The fourth-order valence-corrected chi connectivity index (χ4v) is 5.21. The molecule has 0 bridgehead atoms. The van der Waals surface area contributed by atoms with Crippen molar-refractivity contribution in [2.45, 2.75) is 36.4 Å². The van der Waals surface area contributed by atoms with Gasteiger partial charge in [-0.2, -0.15) is 0 Å². The SMILES string of the molecule is Cc1ccc(Nc2nnc(S[C@H](C)C(=O)N3CCc4ccccc4C3)s2)cc1. The predicted molar refractivity (Wildman–Crippen MR) is 115 cm³/mol. The molecule has 1 aliphatic heterocycles. The minimum absolute atomic E-state index is 0.155. The number of hydrogen-bond donors (Lipinski definition) is 1. The first kappa shape index (κ1) is 19.0. The molecule has 144 valence electrons. The van der Waals surface area contributed by atoms with Gasteiger partial charge in [-0.1, -0.05) is 65.1 Å². The summed E-state index contributed by atoms with van der Waals surface area (Å²) in [6, 6.07) is 16.5. The maximum absolute atomic E-state index is 12.9. The zero-order valence-corrected chi connectivity index (χ0v) is 17.5. The van der Waals surface area contributed by atoms with Gasteiger partial charge in [0, 0.05) is 18.8 Å². The highest BCUT2D eigenvalue weighted by Crippen LogP contribution is 2.32. The summed E-state index contributed by atoms with van der Waals surface area (Å²) < 4.78 is 0.799. The number of anilines is 2. The van der Waals surface area contributed by atoms with Crippen LogP contribution in [0.25, 0.3) is 0 Å². The molecule has 1 N–H and O–H groups in total. The normalized spacial score (nSPS) is 14.4. The first-order valence-corrected chi connectivity index (χ1v) is 11.0. The number of nitrogens with zero attached hydrogens (tertiary/aromatic N) is 3. The number of rotatable bonds is 5. The molecule has 28 heavy (non-hydrogen) atoms. The Kier molecular flexibility index (Phi) is 5.64. The van der Waals surface area contributed by atoms with Crippen molar-refractivity contribution in [2.75, 3.05) is 11.9 Å². The number of aryl methyl sites for hydroxylation is 1. The van der Waals surface area contributed by atoms with Gasteiger partial charge in [-0.05, 0) is 43.5 Å². The highest BCUT2D eigenvalue weighted by molar-refractivity contribution is 8.02. The maximum Gasteiger partial charge on any atom is 0.236 e. The third-order valence-electron chi connectivity index (χ3n) is 4.78. The van der Waals surface area contributed by atoms with Crippen LogP contribution in [0.5, 0.6) is 0 Å². The predicted octanol–water partition coefficient (Wildman–Crippen LogP) is 4.66. The van der Waals surface area contributed by atoms with Crippen LogP contribution in [0, 0.1) is 6.92 Å². The molecule has 0 saturated heterocycles. The quantitative estimate of drug-likeness (QED) is 0.620. The molecule has 1 aliphatic rings. The number of carbonyl (C=O) groups is 1. The molecule has 0 aliphatic carbocycles. The molecule has 0 saturated carbocycles. The van der Waals surface area contributed by atoms with Gasteiger partial charge in [0.05, 0.1) is 5.25 Å². The highest BCUT2D eigenvalue weighted by atomic mass is 32.2. The van der Waals surface area contributed by atoms with Gasteiger partial charge in [-0.25, -0.2) is 0 Å². The number of benzene rings is 2. The molecule has 0 radical (unpaired) electrons. The lowest BCUT2D eigenvalue weighted by atomic mass is 10.00. The van der Waals surface area contributed by atoms with Gasteiger partial charge < -0.3 is 10.2 Å². The smallest absolute Gasteiger partial charge is 0.236 e. The average Bonchev–Trinajstić information content (AvgIpc) is 3.15. The van der Waals surface area contributed by atoms with Crippen molar-refractivity contribution in [2.24, 2.45) is 0 Å². The summed E-state index contributed by atoms with van der Waals surface area (Å²) in [5, 5.41) is 12.2. The lowest BCUT2D eigenvalue weighted by Crippen LogP contribution is -2.40. The minimum atomic E-state index is -0.189. The standard InChI is InChI=1S/C21H22N4OS2/c1-14-7-9-18(10-8-14)22-20-23-24-21(28-20)27-15(2)19(26)25-12-11-16-5-3-4-6-17(16)13-25/h3-10,15H,11-13H2,1-2H3,(H,22,23)/t15-/m1/s1. The average molecular weight is 411 g/mol. The third-order valence-corrected chi connectivity index (χ3v) is 6.79. The van der Waals surface area contributed by atoms with Crippen molar-refractivity contribution in [3.05, 3.63) is 65.2 Å². The van der Waals surface area contributed by atoms with Crippen LogP contribution in [-0.2, 0) is 17.8 Å². The lowest BCUT2D eigenvalue weighted by Gasteiger charge is -2.30. The number of carbonyl (C=O) groups excluding carboxylic acids is 1. The van der Waals surface area contributed by atoms with Crippen molar-refractivity contribution in [1.82, 2.24) is 15.1 Å². The van der Waals surface area contributed by atoms with Crippen LogP contribution in [0.4, 0.5) is 10.8 Å². The van der Waals surface area contributed by atoms with E-state index in [4.69, 9.17) is 0 Å². The van der Waals surface area contributed by atoms with Crippen LogP contribution in [0.15, 0.2) is 52.9 Å². The summed E-state index contributed by atoms with van der Waals surface area (Å²) in [6.07, 6.45) is 0.919. The van der Waals surface area contributed by atoms with Crippen molar-refractivity contribution < 1.29 is 4.79 Å². The summed E-state index contributed by atoms with van der Waals surface area (Å²) in [4.78, 5) is 14.8. The Bertz CT molecular complexity index is 971. The topological polar surface area (TPSA) is 58.1 Å². The number of thioether (sulfide) groups is 1. The van der Waals surface area contributed by atoms with E-state index in [1.807, 2.05) is 30.0 Å². The fourth-order valence-electron chi connectivity index (χ4n) is 3.21. The van der Waals surface area contributed by atoms with Crippen LogP contribution in [0.3, 0.4) is 0 Å². The van der Waals surface area contributed by atoms with Crippen LogP contribution in [0.2, 0.25) is 0 Å². The van der Waals surface area contributed by atoms with Crippen molar-refractivity contribution in [3.63, 3.8) is 0 Å². The van der Waals surface area contributed by atoms with Gasteiger partial charge in [0.15, 0.2) is 4.34 Å². The molecule has 1 amide bonds. The Labute approximate surface area is 173 Å². The Balaban J connectivity index is 1.36. The number of fused-ring (bicyclic) bond motifs is 1. The molecular formula is C21H22N4OS2. The minimum Gasteiger partial charge on any atom is -0.337 e. The first-order valence-electron chi connectivity index (χ1n) is 9.28. The molecule has 0 unspecified atom stereocenters. The van der Waals surface area contributed by atoms with Gasteiger partial charge in [0.25, 0.3) is 0 Å². The second-order valence-electron chi connectivity index (χ2n) is 6.90. The zero-order valence-electron chi connectivity index (χ0n) is 15.9. The third kappa shape index (κ3) is 4.36.